The molecule has 0 saturated carbocycles. The van der Waals surface area contributed by atoms with Crippen LogP contribution in [-0.4, -0.2) is 52.7 Å². The number of hydroxylamine groups is 2. The molecule has 1 aliphatic rings. The SMILES string of the molecule is CCO[C@@H]1C[C@@H](c2ccc(OC)cc2)[C@@H](CC(=O)OC)N(O[Si](C)(C)C(C)(C)C)O1. The molecule has 30 heavy (non-hydrogen) atoms. The van der Waals surface area contributed by atoms with Gasteiger partial charge in [0.2, 0.25) is 8.32 Å². The van der Waals surface area contributed by atoms with E-state index in [0.717, 1.165) is 11.3 Å². The molecular formula is C22H37NO6Si. The van der Waals surface area contributed by atoms with Gasteiger partial charge in [0.15, 0.2) is 6.29 Å². The molecule has 1 aromatic rings. The monoisotopic (exact) mass is 439 g/mol. The molecule has 8 heteroatoms. The van der Waals surface area contributed by atoms with Crippen LogP contribution in [0.3, 0.4) is 0 Å². The number of nitrogens with zero attached hydrogens (tertiary/aromatic N) is 1. The van der Waals surface area contributed by atoms with E-state index in [1.165, 1.54) is 12.3 Å². The summed E-state index contributed by atoms with van der Waals surface area (Å²) in [6.07, 6.45) is 0.306. The molecular weight excluding hydrogens is 402 g/mol. The van der Waals surface area contributed by atoms with E-state index in [2.05, 4.69) is 33.9 Å². The van der Waals surface area contributed by atoms with Gasteiger partial charge in [0, 0.05) is 18.9 Å². The average Bonchev–Trinajstić information content (AvgIpc) is 2.68. The van der Waals surface area contributed by atoms with E-state index in [4.69, 9.17) is 23.6 Å². The van der Waals surface area contributed by atoms with Gasteiger partial charge < -0.3 is 18.7 Å². The van der Waals surface area contributed by atoms with E-state index >= 15 is 0 Å². The van der Waals surface area contributed by atoms with E-state index in [1.807, 2.05) is 31.2 Å². The molecule has 0 aromatic heterocycles. The predicted octanol–water partition coefficient (Wildman–Crippen LogP) is 4.65. The molecule has 1 fully saturated rings. The van der Waals surface area contributed by atoms with Crippen molar-refractivity contribution in [3.05, 3.63) is 29.8 Å². The van der Waals surface area contributed by atoms with Crippen LogP contribution in [0.2, 0.25) is 18.1 Å². The molecule has 1 heterocycles. The molecule has 0 aliphatic carbocycles. The van der Waals surface area contributed by atoms with Gasteiger partial charge in [0.25, 0.3) is 0 Å². The molecule has 7 nitrogen and oxygen atoms in total. The van der Waals surface area contributed by atoms with E-state index < -0.39 is 14.6 Å². The van der Waals surface area contributed by atoms with Gasteiger partial charge in [0.05, 0.1) is 26.7 Å². The first-order valence-corrected chi connectivity index (χ1v) is 13.4. The van der Waals surface area contributed by atoms with Gasteiger partial charge in [-0.3, -0.25) is 4.79 Å². The number of hydrogen-bond donors (Lipinski definition) is 0. The largest absolute Gasteiger partial charge is 0.497 e. The number of methoxy groups -OCH3 is 2. The van der Waals surface area contributed by atoms with Crippen LogP contribution in [0.5, 0.6) is 5.75 Å². The molecule has 3 atom stereocenters. The summed E-state index contributed by atoms with van der Waals surface area (Å²) in [6, 6.07) is 7.56. The maximum atomic E-state index is 12.3. The normalized spacial score (nSPS) is 23.3. The van der Waals surface area contributed by atoms with Gasteiger partial charge in [-0.1, -0.05) is 38.1 Å². The molecule has 170 valence electrons. The number of carbonyl (C=O) groups is 1. The maximum absolute atomic E-state index is 12.3. The fourth-order valence-electron chi connectivity index (χ4n) is 3.16. The Morgan fingerprint density at radius 2 is 1.83 bits per heavy atom. The molecule has 1 aliphatic heterocycles. The third-order valence-corrected chi connectivity index (χ3v) is 10.3. The van der Waals surface area contributed by atoms with Crippen LogP contribution in [0.4, 0.5) is 0 Å². The number of benzene rings is 1. The Hall–Kier alpha value is -1.45. The van der Waals surface area contributed by atoms with Crippen LogP contribution >= 0.6 is 0 Å². The van der Waals surface area contributed by atoms with Gasteiger partial charge in [-0.15, -0.1) is 0 Å². The van der Waals surface area contributed by atoms with E-state index in [0.29, 0.717) is 13.0 Å². The van der Waals surface area contributed by atoms with Crippen LogP contribution in [0, 0.1) is 0 Å². The van der Waals surface area contributed by atoms with Crippen LogP contribution in [0.1, 0.15) is 52.0 Å². The lowest BCUT2D eigenvalue weighted by Crippen LogP contribution is -2.55. The smallest absolute Gasteiger partial charge is 0.307 e. The molecule has 0 N–H and O–H groups in total. The Morgan fingerprint density at radius 1 is 1.20 bits per heavy atom. The molecule has 0 unspecified atom stereocenters. The molecule has 0 bridgehead atoms. The highest BCUT2D eigenvalue weighted by atomic mass is 28.4. The van der Waals surface area contributed by atoms with Gasteiger partial charge in [-0.2, -0.15) is 0 Å². The topological polar surface area (TPSA) is 66.5 Å². The highest BCUT2D eigenvalue weighted by Crippen LogP contribution is 2.42. The summed E-state index contributed by atoms with van der Waals surface area (Å²) in [4.78, 5) is 18.4. The Balaban J connectivity index is 2.42. The second-order valence-corrected chi connectivity index (χ2v) is 13.8. The lowest BCUT2D eigenvalue weighted by Gasteiger charge is -2.47. The van der Waals surface area contributed by atoms with Crippen molar-refractivity contribution in [2.45, 2.75) is 76.9 Å². The Bertz CT molecular complexity index is 688. The van der Waals surface area contributed by atoms with Crippen molar-refractivity contribution in [3.63, 3.8) is 0 Å². The lowest BCUT2D eigenvalue weighted by atomic mass is 9.86. The quantitative estimate of drug-likeness (QED) is 0.431. The first kappa shape index (κ1) is 24.8. The van der Waals surface area contributed by atoms with Crippen LogP contribution < -0.4 is 4.74 Å². The van der Waals surface area contributed by atoms with Crippen molar-refractivity contribution < 1.29 is 28.4 Å². The van der Waals surface area contributed by atoms with Crippen molar-refractivity contribution in [3.8, 4) is 5.75 Å². The standard InChI is InChI=1S/C22H37NO6Si/c1-9-27-21-14-18(16-10-12-17(25-5)13-11-16)19(15-20(24)26-6)23(28-21)29-30(7,8)22(2,3)4/h10-13,18-19,21H,9,14-15H2,1-8H3/t18-,19+,21-/m0/s1. The molecule has 0 amide bonds. The molecule has 1 aromatic carbocycles. The number of hydrogen-bond acceptors (Lipinski definition) is 7. The zero-order valence-corrected chi connectivity index (χ0v) is 20.6. The van der Waals surface area contributed by atoms with E-state index in [-0.39, 0.29) is 29.4 Å². The average molecular weight is 440 g/mol. The van der Waals surface area contributed by atoms with Crippen LogP contribution in [0.15, 0.2) is 24.3 Å². The fourth-order valence-corrected chi connectivity index (χ4v) is 4.07. The highest BCUT2D eigenvalue weighted by Gasteiger charge is 2.47. The minimum atomic E-state index is -2.22. The Kier molecular flexibility index (Phi) is 8.47. The van der Waals surface area contributed by atoms with Gasteiger partial charge in [0.1, 0.15) is 5.75 Å². The van der Waals surface area contributed by atoms with Crippen LogP contribution in [0.25, 0.3) is 0 Å². The minimum Gasteiger partial charge on any atom is -0.497 e. The van der Waals surface area contributed by atoms with Crippen molar-refractivity contribution in [1.82, 2.24) is 5.23 Å². The first-order chi connectivity index (χ1) is 14.0. The molecule has 1 saturated heterocycles. The Morgan fingerprint density at radius 3 is 2.33 bits per heavy atom. The second kappa shape index (κ2) is 10.2. The van der Waals surface area contributed by atoms with Gasteiger partial charge in [-0.25, -0.2) is 4.84 Å². The predicted molar refractivity (Wildman–Crippen MR) is 117 cm³/mol. The fraction of sp³-hybridized carbons (Fsp3) is 0.682. The van der Waals surface area contributed by atoms with E-state index in [9.17, 15) is 4.79 Å². The summed E-state index contributed by atoms with van der Waals surface area (Å²) >= 11 is 0. The zero-order valence-electron chi connectivity index (χ0n) is 19.6. The molecule has 2 rings (SSSR count). The summed E-state index contributed by atoms with van der Waals surface area (Å²) in [5.41, 5.74) is 1.07. The van der Waals surface area contributed by atoms with E-state index in [1.54, 1.807) is 7.11 Å². The first-order valence-electron chi connectivity index (χ1n) is 10.5. The number of rotatable bonds is 8. The Labute approximate surface area is 181 Å². The summed E-state index contributed by atoms with van der Waals surface area (Å²) in [6.45, 7) is 13.3. The summed E-state index contributed by atoms with van der Waals surface area (Å²) < 4.78 is 22.6. The summed E-state index contributed by atoms with van der Waals surface area (Å²) in [5.74, 6) is 0.442. The second-order valence-electron chi connectivity index (χ2n) is 9.09. The molecule has 0 spiro atoms. The number of ether oxygens (including phenoxy) is 3. The highest BCUT2D eigenvalue weighted by molar-refractivity contribution is 6.74. The van der Waals surface area contributed by atoms with Crippen molar-refractivity contribution in [2.75, 3.05) is 20.8 Å². The van der Waals surface area contributed by atoms with Crippen molar-refractivity contribution in [2.24, 2.45) is 0 Å². The molecule has 0 radical (unpaired) electrons. The number of esters is 1. The minimum absolute atomic E-state index is 0.0274. The third kappa shape index (κ3) is 6.04. The zero-order chi connectivity index (χ0) is 22.5. The van der Waals surface area contributed by atoms with Crippen LogP contribution in [-0.2, 0) is 23.6 Å². The van der Waals surface area contributed by atoms with Gasteiger partial charge in [-0.05, 0) is 42.8 Å². The van der Waals surface area contributed by atoms with Gasteiger partial charge >= 0.3 is 5.97 Å². The summed E-state index contributed by atoms with van der Waals surface area (Å²) in [7, 11) is 0.822. The third-order valence-electron chi connectivity index (χ3n) is 6.03. The van der Waals surface area contributed by atoms with Crippen molar-refractivity contribution >= 4 is 14.3 Å². The van der Waals surface area contributed by atoms with Crippen molar-refractivity contribution in [1.29, 1.82) is 0 Å². The number of carbonyl (C=O) groups excluding carboxylic acids is 1. The summed E-state index contributed by atoms with van der Waals surface area (Å²) in [5, 5.41) is 1.51. The lowest BCUT2D eigenvalue weighted by molar-refractivity contribution is -0.426. The maximum Gasteiger partial charge on any atom is 0.307 e.